The van der Waals surface area contributed by atoms with Crippen LogP contribution in [0.1, 0.15) is 5.56 Å². The zero-order chi connectivity index (χ0) is 15.1. The van der Waals surface area contributed by atoms with E-state index in [9.17, 15) is 4.79 Å². The van der Waals surface area contributed by atoms with E-state index in [1.54, 1.807) is 12.1 Å². The summed E-state index contributed by atoms with van der Waals surface area (Å²) in [6.45, 7) is 0.837. The predicted octanol–water partition coefficient (Wildman–Crippen LogP) is 2.77. The number of nitrogens with two attached hydrogens (primary N) is 1. The maximum absolute atomic E-state index is 11.8. The summed E-state index contributed by atoms with van der Waals surface area (Å²) < 4.78 is 6.51. The van der Waals surface area contributed by atoms with Crippen molar-refractivity contribution < 1.29 is 9.53 Å². The molecule has 4 nitrogen and oxygen atoms in total. The number of para-hydroxylation sites is 2. The highest BCUT2D eigenvalue weighted by atomic mass is 79.9. The van der Waals surface area contributed by atoms with Crippen molar-refractivity contribution in [2.75, 3.05) is 18.9 Å². The van der Waals surface area contributed by atoms with Crippen LogP contribution in [-0.2, 0) is 11.2 Å². The molecule has 2 aromatic carbocycles. The minimum atomic E-state index is -0.0260. The van der Waals surface area contributed by atoms with Gasteiger partial charge in [-0.3, -0.25) is 4.79 Å². The van der Waals surface area contributed by atoms with Gasteiger partial charge in [0.05, 0.1) is 18.7 Å². The highest BCUT2D eigenvalue weighted by Crippen LogP contribution is 2.19. The lowest BCUT2D eigenvalue weighted by Gasteiger charge is -2.09. The van der Waals surface area contributed by atoms with E-state index < -0.39 is 0 Å². The summed E-state index contributed by atoms with van der Waals surface area (Å²) in [6, 6.07) is 15.0. The summed E-state index contributed by atoms with van der Waals surface area (Å²) in [5, 5.41) is 2.82. The quantitative estimate of drug-likeness (QED) is 0.623. The maximum atomic E-state index is 11.8. The number of amides is 1. The lowest BCUT2D eigenvalue weighted by molar-refractivity contribution is -0.120. The van der Waals surface area contributed by atoms with Crippen LogP contribution in [0, 0.1) is 0 Å². The van der Waals surface area contributed by atoms with Crippen LogP contribution in [0.5, 0.6) is 5.75 Å². The van der Waals surface area contributed by atoms with Crippen molar-refractivity contribution in [1.82, 2.24) is 5.32 Å². The number of nitrogens with one attached hydrogen (secondary N) is 1. The van der Waals surface area contributed by atoms with Crippen LogP contribution in [-0.4, -0.2) is 19.1 Å². The van der Waals surface area contributed by atoms with Crippen molar-refractivity contribution in [1.29, 1.82) is 0 Å². The number of ether oxygens (including phenoxy) is 1. The van der Waals surface area contributed by atoms with Crippen molar-refractivity contribution >= 4 is 27.5 Å². The fraction of sp³-hybridized carbons (Fsp3) is 0.188. The lowest BCUT2D eigenvalue weighted by atomic mass is 10.1. The molecule has 0 aromatic heterocycles. The monoisotopic (exact) mass is 348 g/mol. The third-order valence-electron chi connectivity index (χ3n) is 2.88. The van der Waals surface area contributed by atoms with Crippen LogP contribution in [0.2, 0.25) is 0 Å². The van der Waals surface area contributed by atoms with Gasteiger partial charge in [0, 0.05) is 4.47 Å². The molecule has 0 aliphatic heterocycles. The van der Waals surface area contributed by atoms with Crippen LogP contribution >= 0.6 is 15.9 Å². The van der Waals surface area contributed by atoms with E-state index in [4.69, 9.17) is 10.5 Å². The second-order valence-electron chi connectivity index (χ2n) is 4.54. The number of hydrogen-bond acceptors (Lipinski definition) is 3. The van der Waals surface area contributed by atoms with E-state index in [1.165, 1.54) is 0 Å². The molecule has 2 rings (SSSR count). The highest BCUT2D eigenvalue weighted by molar-refractivity contribution is 9.10. The third kappa shape index (κ3) is 5.11. The van der Waals surface area contributed by atoms with Gasteiger partial charge in [-0.05, 0) is 29.8 Å². The standard InChI is InChI=1S/C16H17BrN2O2/c17-13-7-5-12(6-8-13)11-16(20)19-9-10-21-15-4-2-1-3-14(15)18/h1-8H,9-11,18H2,(H,19,20). The summed E-state index contributed by atoms with van der Waals surface area (Å²) in [6.07, 6.45) is 0.362. The number of hydrogen-bond donors (Lipinski definition) is 2. The molecule has 0 aliphatic rings. The molecule has 0 saturated heterocycles. The number of nitrogen functional groups attached to an aromatic ring is 1. The zero-order valence-electron chi connectivity index (χ0n) is 11.5. The van der Waals surface area contributed by atoms with Crippen molar-refractivity contribution in [3.63, 3.8) is 0 Å². The zero-order valence-corrected chi connectivity index (χ0v) is 13.1. The Morgan fingerprint density at radius 2 is 1.86 bits per heavy atom. The molecule has 0 heterocycles. The van der Waals surface area contributed by atoms with Gasteiger partial charge in [0.25, 0.3) is 0 Å². The first-order chi connectivity index (χ1) is 10.1. The third-order valence-corrected chi connectivity index (χ3v) is 3.41. The number of carbonyl (C=O) groups is 1. The molecular formula is C16H17BrN2O2. The number of benzene rings is 2. The molecule has 21 heavy (non-hydrogen) atoms. The molecule has 1 amide bonds. The van der Waals surface area contributed by atoms with E-state index in [0.717, 1.165) is 10.0 Å². The molecule has 0 saturated carbocycles. The molecular weight excluding hydrogens is 332 g/mol. The van der Waals surface area contributed by atoms with Gasteiger partial charge in [0.15, 0.2) is 0 Å². The first-order valence-electron chi connectivity index (χ1n) is 6.63. The fourth-order valence-corrected chi connectivity index (χ4v) is 2.08. The Bertz CT molecular complexity index is 599. The second-order valence-corrected chi connectivity index (χ2v) is 5.46. The number of rotatable bonds is 6. The van der Waals surface area contributed by atoms with E-state index in [2.05, 4.69) is 21.2 Å². The summed E-state index contributed by atoms with van der Waals surface area (Å²) in [5.41, 5.74) is 7.33. The second kappa shape index (κ2) is 7.69. The minimum Gasteiger partial charge on any atom is -0.490 e. The Balaban J connectivity index is 1.70. The minimum absolute atomic E-state index is 0.0260. The normalized spacial score (nSPS) is 10.1. The number of halogens is 1. The van der Waals surface area contributed by atoms with Crippen LogP contribution in [0.3, 0.4) is 0 Å². The van der Waals surface area contributed by atoms with Crippen LogP contribution in [0.15, 0.2) is 53.0 Å². The van der Waals surface area contributed by atoms with Crippen LogP contribution in [0.4, 0.5) is 5.69 Å². The molecule has 0 bridgehead atoms. The Hall–Kier alpha value is -2.01. The lowest BCUT2D eigenvalue weighted by Crippen LogP contribution is -2.29. The molecule has 0 unspecified atom stereocenters. The Kier molecular flexibility index (Phi) is 5.63. The maximum Gasteiger partial charge on any atom is 0.224 e. The molecule has 2 aromatic rings. The molecule has 3 N–H and O–H groups in total. The van der Waals surface area contributed by atoms with Gasteiger partial charge in [-0.15, -0.1) is 0 Å². The predicted molar refractivity (Wildman–Crippen MR) is 87.2 cm³/mol. The molecule has 0 spiro atoms. The fourth-order valence-electron chi connectivity index (χ4n) is 1.81. The summed E-state index contributed by atoms with van der Waals surface area (Å²) in [5.74, 6) is 0.613. The largest absolute Gasteiger partial charge is 0.490 e. The van der Waals surface area contributed by atoms with Gasteiger partial charge in [-0.1, -0.05) is 40.2 Å². The molecule has 0 radical (unpaired) electrons. The molecule has 0 atom stereocenters. The topological polar surface area (TPSA) is 64.3 Å². The Morgan fingerprint density at radius 3 is 2.57 bits per heavy atom. The smallest absolute Gasteiger partial charge is 0.224 e. The summed E-state index contributed by atoms with van der Waals surface area (Å²) >= 11 is 3.36. The molecule has 0 aliphatic carbocycles. The Labute approximate surface area is 132 Å². The Morgan fingerprint density at radius 1 is 1.14 bits per heavy atom. The van der Waals surface area contributed by atoms with Crippen LogP contribution < -0.4 is 15.8 Å². The van der Waals surface area contributed by atoms with Gasteiger partial charge in [0.2, 0.25) is 5.91 Å². The molecule has 5 heteroatoms. The van der Waals surface area contributed by atoms with Gasteiger partial charge < -0.3 is 15.8 Å². The van der Waals surface area contributed by atoms with Gasteiger partial charge in [-0.25, -0.2) is 0 Å². The van der Waals surface area contributed by atoms with E-state index in [-0.39, 0.29) is 5.91 Å². The first-order valence-corrected chi connectivity index (χ1v) is 7.43. The van der Waals surface area contributed by atoms with E-state index >= 15 is 0 Å². The average Bonchev–Trinajstić information content (AvgIpc) is 2.48. The van der Waals surface area contributed by atoms with Crippen molar-refractivity contribution in [3.05, 3.63) is 58.6 Å². The van der Waals surface area contributed by atoms with E-state index in [0.29, 0.717) is 31.0 Å². The average molecular weight is 349 g/mol. The van der Waals surface area contributed by atoms with Gasteiger partial charge in [-0.2, -0.15) is 0 Å². The van der Waals surface area contributed by atoms with Crippen LogP contribution in [0.25, 0.3) is 0 Å². The van der Waals surface area contributed by atoms with Gasteiger partial charge >= 0.3 is 0 Å². The molecule has 110 valence electrons. The van der Waals surface area contributed by atoms with Gasteiger partial charge in [0.1, 0.15) is 12.4 Å². The van der Waals surface area contributed by atoms with Crippen molar-refractivity contribution in [3.8, 4) is 5.75 Å². The highest BCUT2D eigenvalue weighted by Gasteiger charge is 2.03. The summed E-state index contributed by atoms with van der Waals surface area (Å²) in [7, 11) is 0. The van der Waals surface area contributed by atoms with Crippen molar-refractivity contribution in [2.45, 2.75) is 6.42 Å². The molecule has 0 fully saturated rings. The van der Waals surface area contributed by atoms with Crippen molar-refractivity contribution in [2.24, 2.45) is 0 Å². The first kappa shape index (κ1) is 15.4. The number of carbonyl (C=O) groups excluding carboxylic acids is 1. The number of anilines is 1. The van der Waals surface area contributed by atoms with E-state index in [1.807, 2.05) is 36.4 Å². The SMILES string of the molecule is Nc1ccccc1OCCNC(=O)Cc1ccc(Br)cc1. The summed E-state index contributed by atoms with van der Waals surface area (Å²) in [4.78, 5) is 11.8.